The normalized spacial score (nSPS) is 23.4. The number of hydrogen-bond acceptors (Lipinski definition) is 3. The van der Waals surface area contributed by atoms with Gasteiger partial charge >= 0.3 is 0 Å². The van der Waals surface area contributed by atoms with Gasteiger partial charge in [0.1, 0.15) is 0 Å². The molecule has 3 nitrogen and oxygen atoms in total. The highest BCUT2D eigenvalue weighted by atomic mass is 16.5. The first-order chi connectivity index (χ1) is 7.31. The largest absolute Gasteiger partial charge is 0.383 e. The standard InChI is InChI=1S/C12H24N2O/c1-15-8-11(13)6-14-7-12(9-2-3-9)10-4-5-10/h9-12,14H,2-8,13H2,1H3. The van der Waals surface area contributed by atoms with E-state index in [4.69, 9.17) is 10.5 Å². The van der Waals surface area contributed by atoms with Gasteiger partial charge < -0.3 is 15.8 Å². The van der Waals surface area contributed by atoms with Crippen LogP contribution in [-0.4, -0.2) is 32.8 Å². The van der Waals surface area contributed by atoms with Crippen LogP contribution >= 0.6 is 0 Å². The minimum Gasteiger partial charge on any atom is -0.383 e. The van der Waals surface area contributed by atoms with Crippen molar-refractivity contribution in [3.63, 3.8) is 0 Å². The zero-order valence-corrected chi connectivity index (χ0v) is 9.74. The molecule has 0 radical (unpaired) electrons. The molecular formula is C12H24N2O. The number of methoxy groups -OCH3 is 1. The highest BCUT2D eigenvalue weighted by Crippen LogP contribution is 2.48. The van der Waals surface area contributed by atoms with Crippen LogP contribution in [0.5, 0.6) is 0 Å². The first kappa shape index (κ1) is 11.4. The second kappa shape index (κ2) is 5.28. The van der Waals surface area contributed by atoms with Crippen molar-refractivity contribution >= 4 is 0 Å². The Morgan fingerprint density at radius 1 is 1.20 bits per heavy atom. The highest BCUT2D eigenvalue weighted by molar-refractivity contribution is 4.92. The van der Waals surface area contributed by atoms with E-state index in [1.807, 2.05) is 0 Å². The Bertz CT molecular complexity index is 178. The lowest BCUT2D eigenvalue weighted by Gasteiger charge is -2.18. The monoisotopic (exact) mass is 212 g/mol. The van der Waals surface area contributed by atoms with Gasteiger partial charge in [-0.3, -0.25) is 0 Å². The average Bonchev–Trinajstić information content (AvgIpc) is 3.03. The van der Waals surface area contributed by atoms with Gasteiger partial charge in [0.2, 0.25) is 0 Å². The quantitative estimate of drug-likeness (QED) is 0.630. The molecule has 3 heteroatoms. The van der Waals surface area contributed by atoms with Crippen molar-refractivity contribution < 1.29 is 4.74 Å². The Balaban J connectivity index is 1.58. The Hall–Kier alpha value is -0.120. The lowest BCUT2D eigenvalue weighted by Crippen LogP contribution is -2.39. The van der Waals surface area contributed by atoms with Crippen molar-refractivity contribution in [2.75, 3.05) is 26.8 Å². The molecule has 2 aliphatic carbocycles. The van der Waals surface area contributed by atoms with Crippen LogP contribution in [0.1, 0.15) is 25.7 Å². The van der Waals surface area contributed by atoms with Crippen LogP contribution in [0.25, 0.3) is 0 Å². The fourth-order valence-electron chi connectivity index (χ4n) is 2.48. The molecule has 0 aromatic rings. The molecule has 0 saturated heterocycles. The summed E-state index contributed by atoms with van der Waals surface area (Å²) < 4.78 is 5.02. The molecular weight excluding hydrogens is 188 g/mol. The smallest absolute Gasteiger partial charge is 0.0626 e. The van der Waals surface area contributed by atoms with E-state index in [2.05, 4.69) is 5.32 Å². The second-order valence-electron chi connectivity index (χ2n) is 5.21. The first-order valence-electron chi connectivity index (χ1n) is 6.26. The van der Waals surface area contributed by atoms with Crippen LogP contribution in [0, 0.1) is 17.8 Å². The maximum Gasteiger partial charge on any atom is 0.0626 e. The summed E-state index contributed by atoms with van der Waals surface area (Å²) in [5.41, 5.74) is 5.87. The fourth-order valence-corrected chi connectivity index (χ4v) is 2.48. The van der Waals surface area contributed by atoms with Gasteiger partial charge in [-0.1, -0.05) is 0 Å². The van der Waals surface area contributed by atoms with Gasteiger partial charge in [0.05, 0.1) is 6.61 Å². The van der Waals surface area contributed by atoms with Crippen LogP contribution in [0.4, 0.5) is 0 Å². The van der Waals surface area contributed by atoms with E-state index >= 15 is 0 Å². The van der Waals surface area contributed by atoms with Crippen LogP contribution < -0.4 is 11.1 Å². The van der Waals surface area contributed by atoms with Gasteiger partial charge in [-0.05, 0) is 50.0 Å². The van der Waals surface area contributed by atoms with E-state index < -0.39 is 0 Å². The van der Waals surface area contributed by atoms with E-state index in [0.717, 1.165) is 24.3 Å². The fraction of sp³-hybridized carbons (Fsp3) is 1.00. The van der Waals surface area contributed by atoms with Crippen LogP contribution in [0.2, 0.25) is 0 Å². The predicted octanol–water partition coefficient (Wildman–Crippen LogP) is 0.986. The SMILES string of the molecule is COCC(N)CNCC(C1CC1)C1CC1. The second-order valence-corrected chi connectivity index (χ2v) is 5.21. The lowest BCUT2D eigenvalue weighted by molar-refractivity contribution is 0.178. The van der Waals surface area contributed by atoms with Gasteiger partial charge in [0.25, 0.3) is 0 Å². The Kier molecular flexibility index (Phi) is 4.00. The number of nitrogens with two attached hydrogens (primary N) is 1. The minimum absolute atomic E-state index is 0.147. The maximum atomic E-state index is 5.87. The summed E-state index contributed by atoms with van der Waals surface area (Å²) in [6.45, 7) is 2.72. The molecule has 1 atom stereocenters. The van der Waals surface area contributed by atoms with E-state index in [1.54, 1.807) is 7.11 Å². The number of rotatable bonds is 8. The van der Waals surface area contributed by atoms with Crippen molar-refractivity contribution in [2.45, 2.75) is 31.7 Å². The summed E-state index contributed by atoms with van der Waals surface area (Å²) in [6, 6.07) is 0.147. The summed E-state index contributed by atoms with van der Waals surface area (Å²) in [5, 5.41) is 3.51. The van der Waals surface area contributed by atoms with E-state index in [1.165, 1.54) is 32.2 Å². The van der Waals surface area contributed by atoms with Gasteiger partial charge in [-0.15, -0.1) is 0 Å². The summed E-state index contributed by atoms with van der Waals surface area (Å²) in [4.78, 5) is 0. The van der Waals surface area contributed by atoms with Gasteiger partial charge in [0.15, 0.2) is 0 Å². The first-order valence-corrected chi connectivity index (χ1v) is 6.26. The zero-order valence-electron chi connectivity index (χ0n) is 9.74. The molecule has 0 amide bonds. The lowest BCUT2D eigenvalue weighted by atomic mass is 9.98. The average molecular weight is 212 g/mol. The van der Waals surface area contributed by atoms with Crippen LogP contribution in [-0.2, 0) is 4.74 Å². The van der Waals surface area contributed by atoms with E-state index in [0.29, 0.717) is 6.61 Å². The molecule has 2 fully saturated rings. The van der Waals surface area contributed by atoms with Crippen molar-refractivity contribution in [3.8, 4) is 0 Å². The summed E-state index contributed by atoms with van der Waals surface area (Å²) in [7, 11) is 1.71. The maximum absolute atomic E-state index is 5.87. The molecule has 15 heavy (non-hydrogen) atoms. The molecule has 0 aromatic heterocycles. The van der Waals surface area contributed by atoms with Crippen LogP contribution in [0.15, 0.2) is 0 Å². The molecule has 0 aliphatic heterocycles. The Labute approximate surface area is 92.7 Å². The summed E-state index contributed by atoms with van der Waals surface area (Å²) in [6.07, 6.45) is 5.86. The Morgan fingerprint density at radius 3 is 2.27 bits per heavy atom. The molecule has 2 aliphatic rings. The highest BCUT2D eigenvalue weighted by Gasteiger charge is 2.40. The Morgan fingerprint density at radius 2 is 1.80 bits per heavy atom. The third-order valence-corrected chi connectivity index (χ3v) is 3.62. The third-order valence-electron chi connectivity index (χ3n) is 3.62. The zero-order chi connectivity index (χ0) is 10.7. The topological polar surface area (TPSA) is 47.3 Å². The molecule has 0 aromatic carbocycles. The molecule has 2 saturated carbocycles. The number of ether oxygens (including phenoxy) is 1. The van der Waals surface area contributed by atoms with Gasteiger partial charge in [0, 0.05) is 19.7 Å². The minimum atomic E-state index is 0.147. The van der Waals surface area contributed by atoms with Crippen molar-refractivity contribution in [2.24, 2.45) is 23.5 Å². The molecule has 0 bridgehead atoms. The molecule has 0 spiro atoms. The molecule has 2 rings (SSSR count). The molecule has 88 valence electrons. The van der Waals surface area contributed by atoms with Crippen molar-refractivity contribution in [1.82, 2.24) is 5.32 Å². The molecule has 1 unspecified atom stereocenters. The van der Waals surface area contributed by atoms with Crippen LogP contribution in [0.3, 0.4) is 0 Å². The molecule has 3 N–H and O–H groups in total. The summed E-state index contributed by atoms with van der Waals surface area (Å²) >= 11 is 0. The van der Waals surface area contributed by atoms with E-state index in [9.17, 15) is 0 Å². The predicted molar refractivity (Wildman–Crippen MR) is 61.7 cm³/mol. The summed E-state index contributed by atoms with van der Waals surface area (Å²) in [5.74, 6) is 3.01. The number of hydrogen-bond donors (Lipinski definition) is 2. The third kappa shape index (κ3) is 3.74. The molecule has 0 heterocycles. The number of nitrogens with one attached hydrogen (secondary N) is 1. The van der Waals surface area contributed by atoms with Gasteiger partial charge in [-0.2, -0.15) is 0 Å². The van der Waals surface area contributed by atoms with Gasteiger partial charge in [-0.25, -0.2) is 0 Å². The van der Waals surface area contributed by atoms with Crippen molar-refractivity contribution in [3.05, 3.63) is 0 Å². The van der Waals surface area contributed by atoms with E-state index in [-0.39, 0.29) is 6.04 Å². The van der Waals surface area contributed by atoms with Crippen molar-refractivity contribution in [1.29, 1.82) is 0 Å².